The van der Waals surface area contributed by atoms with Gasteiger partial charge in [0, 0.05) is 11.1 Å². The van der Waals surface area contributed by atoms with Crippen molar-refractivity contribution in [1.29, 1.82) is 0 Å². The van der Waals surface area contributed by atoms with Gasteiger partial charge in [-0.25, -0.2) is 9.97 Å². The average molecular weight is 227 g/mol. The number of halogens is 1. The zero-order chi connectivity index (χ0) is 9.80. The van der Waals surface area contributed by atoms with E-state index in [0.717, 1.165) is 4.88 Å². The van der Waals surface area contributed by atoms with E-state index >= 15 is 0 Å². The molecule has 2 aromatic heterocycles. The number of hydrogen-bond acceptors (Lipinski definition) is 5. The summed E-state index contributed by atoms with van der Waals surface area (Å²) in [6.45, 7) is 0.687. The normalized spacial score (nSPS) is 10.1. The van der Waals surface area contributed by atoms with E-state index in [1.807, 2.05) is 6.20 Å². The monoisotopic (exact) mass is 226 g/mol. The summed E-state index contributed by atoms with van der Waals surface area (Å²) in [5.41, 5.74) is 1.79. The Hall–Kier alpha value is -1.20. The lowest BCUT2D eigenvalue weighted by atomic mass is 10.5. The van der Waals surface area contributed by atoms with Gasteiger partial charge in [-0.1, -0.05) is 11.6 Å². The highest BCUT2D eigenvalue weighted by Crippen LogP contribution is 2.09. The summed E-state index contributed by atoms with van der Waals surface area (Å²) in [6, 6.07) is 0. The van der Waals surface area contributed by atoms with E-state index < -0.39 is 0 Å². The minimum atomic E-state index is 0.536. The van der Waals surface area contributed by atoms with Crippen LogP contribution in [0.2, 0.25) is 5.02 Å². The summed E-state index contributed by atoms with van der Waals surface area (Å²) in [6.07, 6.45) is 4.93. The molecule has 72 valence electrons. The van der Waals surface area contributed by atoms with Crippen molar-refractivity contribution >= 4 is 28.9 Å². The smallest absolute Gasteiger partial charge is 0.222 e. The van der Waals surface area contributed by atoms with E-state index in [1.54, 1.807) is 29.2 Å². The van der Waals surface area contributed by atoms with Gasteiger partial charge in [-0.2, -0.15) is 0 Å². The van der Waals surface area contributed by atoms with Crippen LogP contribution in [0.1, 0.15) is 4.88 Å². The van der Waals surface area contributed by atoms with E-state index in [2.05, 4.69) is 20.3 Å². The number of anilines is 1. The molecule has 1 N–H and O–H groups in total. The van der Waals surface area contributed by atoms with Crippen LogP contribution in [0.3, 0.4) is 0 Å². The van der Waals surface area contributed by atoms with Crippen molar-refractivity contribution in [2.45, 2.75) is 6.54 Å². The molecule has 0 saturated carbocycles. The first kappa shape index (κ1) is 9.36. The SMILES string of the molecule is Clc1cnc(NCc2cncs2)nc1. The fourth-order valence-electron chi connectivity index (χ4n) is 0.899. The van der Waals surface area contributed by atoms with Crippen molar-refractivity contribution in [3.05, 3.63) is 34.0 Å². The van der Waals surface area contributed by atoms with Gasteiger partial charge in [0.05, 0.1) is 29.5 Å². The molecule has 2 rings (SSSR count). The Kier molecular flexibility index (Phi) is 2.90. The zero-order valence-electron chi connectivity index (χ0n) is 7.14. The molecule has 0 amide bonds. The molecule has 0 aliphatic rings. The number of nitrogens with one attached hydrogen (secondary N) is 1. The van der Waals surface area contributed by atoms with E-state index in [4.69, 9.17) is 11.6 Å². The van der Waals surface area contributed by atoms with E-state index in [-0.39, 0.29) is 0 Å². The van der Waals surface area contributed by atoms with Crippen LogP contribution >= 0.6 is 22.9 Å². The lowest BCUT2D eigenvalue weighted by Gasteiger charge is -2.00. The second-order valence-electron chi connectivity index (χ2n) is 2.55. The van der Waals surface area contributed by atoms with Crippen molar-refractivity contribution < 1.29 is 0 Å². The van der Waals surface area contributed by atoms with Crippen molar-refractivity contribution in [3.63, 3.8) is 0 Å². The number of rotatable bonds is 3. The molecule has 0 unspecified atom stereocenters. The molecular formula is C8H7ClN4S. The topological polar surface area (TPSA) is 50.7 Å². The van der Waals surface area contributed by atoms with Crippen LogP contribution in [0.4, 0.5) is 5.95 Å². The maximum Gasteiger partial charge on any atom is 0.222 e. The highest BCUT2D eigenvalue weighted by molar-refractivity contribution is 7.09. The molecule has 4 nitrogen and oxygen atoms in total. The number of thiazole rings is 1. The van der Waals surface area contributed by atoms with E-state index in [1.165, 1.54) is 0 Å². The largest absolute Gasteiger partial charge is 0.349 e. The second kappa shape index (κ2) is 4.34. The maximum absolute atomic E-state index is 5.65. The Labute approximate surface area is 90.0 Å². The lowest BCUT2D eigenvalue weighted by molar-refractivity contribution is 1.07. The van der Waals surface area contributed by atoms with Crippen LogP contribution < -0.4 is 5.32 Å². The molecular weight excluding hydrogens is 220 g/mol. The van der Waals surface area contributed by atoms with Gasteiger partial charge in [0.2, 0.25) is 5.95 Å². The van der Waals surface area contributed by atoms with Crippen molar-refractivity contribution in [2.24, 2.45) is 0 Å². The molecule has 0 aliphatic heterocycles. The number of hydrogen-bond donors (Lipinski definition) is 1. The highest BCUT2D eigenvalue weighted by atomic mass is 35.5. The molecule has 0 atom stereocenters. The van der Waals surface area contributed by atoms with Crippen LogP contribution in [0.25, 0.3) is 0 Å². The first-order valence-corrected chi connectivity index (χ1v) is 5.19. The van der Waals surface area contributed by atoms with Gasteiger partial charge in [-0.3, -0.25) is 4.98 Å². The van der Waals surface area contributed by atoms with Crippen molar-refractivity contribution in [1.82, 2.24) is 15.0 Å². The van der Waals surface area contributed by atoms with Gasteiger partial charge in [-0.05, 0) is 0 Å². The fourth-order valence-corrected chi connectivity index (χ4v) is 1.53. The summed E-state index contributed by atoms with van der Waals surface area (Å²) in [7, 11) is 0. The third-order valence-corrected chi connectivity index (χ3v) is 2.50. The average Bonchev–Trinajstić information content (AvgIpc) is 2.70. The molecule has 0 aromatic carbocycles. The second-order valence-corrected chi connectivity index (χ2v) is 3.95. The van der Waals surface area contributed by atoms with Crippen molar-refractivity contribution in [3.8, 4) is 0 Å². The molecule has 14 heavy (non-hydrogen) atoms. The summed E-state index contributed by atoms with van der Waals surface area (Å²) >= 11 is 7.24. The van der Waals surface area contributed by atoms with Gasteiger partial charge >= 0.3 is 0 Å². The zero-order valence-corrected chi connectivity index (χ0v) is 8.72. The molecule has 0 spiro atoms. The van der Waals surface area contributed by atoms with Crippen molar-refractivity contribution in [2.75, 3.05) is 5.32 Å². The predicted molar refractivity (Wildman–Crippen MR) is 56.5 cm³/mol. The summed E-state index contributed by atoms with van der Waals surface area (Å²) in [5, 5.41) is 3.60. The first-order valence-electron chi connectivity index (χ1n) is 3.93. The summed E-state index contributed by atoms with van der Waals surface area (Å²) in [4.78, 5) is 13.1. The Bertz CT molecular complexity index is 386. The van der Waals surface area contributed by atoms with Crippen LogP contribution in [0, 0.1) is 0 Å². The Morgan fingerprint density at radius 1 is 1.29 bits per heavy atom. The minimum Gasteiger partial charge on any atom is -0.349 e. The summed E-state index contributed by atoms with van der Waals surface area (Å²) < 4.78 is 0. The molecule has 0 saturated heterocycles. The highest BCUT2D eigenvalue weighted by Gasteiger charge is 1.97. The molecule has 2 aromatic rings. The van der Waals surface area contributed by atoms with Gasteiger partial charge in [-0.15, -0.1) is 11.3 Å². The number of aromatic nitrogens is 3. The molecule has 6 heteroatoms. The molecule has 0 bridgehead atoms. The number of nitrogens with zero attached hydrogens (tertiary/aromatic N) is 3. The third kappa shape index (κ3) is 2.40. The molecule has 0 aliphatic carbocycles. The lowest BCUT2D eigenvalue weighted by Crippen LogP contribution is -2.01. The van der Waals surface area contributed by atoms with Crippen LogP contribution in [-0.2, 0) is 6.54 Å². The Balaban J connectivity index is 1.95. The third-order valence-electron chi connectivity index (χ3n) is 1.52. The fraction of sp³-hybridized carbons (Fsp3) is 0.125. The van der Waals surface area contributed by atoms with Gasteiger partial charge in [0.15, 0.2) is 0 Å². The maximum atomic E-state index is 5.65. The Morgan fingerprint density at radius 3 is 2.71 bits per heavy atom. The minimum absolute atomic E-state index is 0.536. The van der Waals surface area contributed by atoms with Gasteiger partial charge < -0.3 is 5.32 Å². The van der Waals surface area contributed by atoms with Gasteiger partial charge in [0.1, 0.15) is 0 Å². The van der Waals surface area contributed by atoms with Crippen LogP contribution in [0.5, 0.6) is 0 Å². The standard InChI is InChI=1S/C8H7ClN4S/c9-6-1-11-8(12-2-6)13-4-7-3-10-5-14-7/h1-3,5H,4H2,(H,11,12,13). The van der Waals surface area contributed by atoms with E-state index in [0.29, 0.717) is 17.5 Å². The first-order chi connectivity index (χ1) is 6.84. The van der Waals surface area contributed by atoms with Crippen LogP contribution in [-0.4, -0.2) is 15.0 Å². The van der Waals surface area contributed by atoms with E-state index in [9.17, 15) is 0 Å². The van der Waals surface area contributed by atoms with Crippen LogP contribution in [0.15, 0.2) is 24.1 Å². The predicted octanol–water partition coefficient (Wildman–Crippen LogP) is 2.20. The molecule has 0 radical (unpaired) electrons. The quantitative estimate of drug-likeness (QED) is 0.872. The Morgan fingerprint density at radius 2 is 2.07 bits per heavy atom. The molecule has 0 fully saturated rings. The summed E-state index contributed by atoms with van der Waals surface area (Å²) in [5.74, 6) is 0.572. The van der Waals surface area contributed by atoms with Gasteiger partial charge in [0.25, 0.3) is 0 Å². The molecule has 2 heterocycles.